The van der Waals surface area contributed by atoms with Crippen molar-refractivity contribution in [1.29, 1.82) is 0 Å². The van der Waals surface area contributed by atoms with Gasteiger partial charge in [-0.05, 0) is 30.6 Å². The third-order valence-corrected chi connectivity index (χ3v) is 3.14. The van der Waals surface area contributed by atoms with E-state index in [-0.39, 0.29) is 0 Å². The van der Waals surface area contributed by atoms with Crippen LogP contribution < -0.4 is 0 Å². The average Bonchev–Trinajstić information content (AvgIpc) is 2.03. The van der Waals surface area contributed by atoms with Crippen molar-refractivity contribution in [2.75, 3.05) is 0 Å². The van der Waals surface area contributed by atoms with E-state index in [1.54, 1.807) is 6.08 Å². The highest BCUT2D eigenvalue weighted by molar-refractivity contribution is 5.11. The second-order valence-electron chi connectivity index (χ2n) is 5.47. The molecule has 2 atom stereocenters. The van der Waals surface area contributed by atoms with Crippen molar-refractivity contribution in [2.24, 2.45) is 11.3 Å². The number of aliphatic hydroxyl groups is 1. The normalized spacial score (nSPS) is 33.0. The van der Waals surface area contributed by atoms with Gasteiger partial charge in [-0.2, -0.15) is 0 Å². The molecule has 80 valence electrons. The van der Waals surface area contributed by atoms with Gasteiger partial charge in [-0.1, -0.05) is 39.0 Å². The predicted molar refractivity (Wildman–Crippen MR) is 61.1 cm³/mol. The molecular weight excluding hydrogens is 172 g/mol. The van der Waals surface area contributed by atoms with Gasteiger partial charge in [0.1, 0.15) is 0 Å². The molecule has 1 aliphatic rings. The quantitative estimate of drug-likeness (QED) is 0.669. The Balaban J connectivity index is 2.68. The van der Waals surface area contributed by atoms with Gasteiger partial charge in [0.25, 0.3) is 0 Å². The molecule has 0 aromatic heterocycles. The van der Waals surface area contributed by atoms with E-state index in [1.807, 2.05) is 6.08 Å². The average molecular weight is 194 g/mol. The second-order valence-corrected chi connectivity index (χ2v) is 5.47. The maximum absolute atomic E-state index is 10.1. The Morgan fingerprint density at radius 3 is 2.57 bits per heavy atom. The van der Waals surface area contributed by atoms with Crippen LogP contribution in [0.3, 0.4) is 0 Å². The van der Waals surface area contributed by atoms with Crippen molar-refractivity contribution in [3.05, 3.63) is 24.8 Å². The largest absolute Gasteiger partial charge is 0.385 e. The lowest BCUT2D eigenvalue weighted by Crippen LogP contribution is -2.32. The van der Waals surface area contributed by atoms with Crippen LogP contribution in [0.15, 0.2) is 24.8 Å². The summed E-state index contributed by atoms with van der Waals surface area (Å²) >= 11 is 0. The summed E-state index contributed by atoms with van der Waals surface area (Å²) < 4.78 is 0. The Kier molecular flexibility index (Phi) is 3.20. The summed E-state index contributed by atoms with van der Waals surface area (Å²) in [4.78, 5) is 0. The van der Waals surface area contributed by atoms with Crippen LogP contribution in [0.2, 0.25) is 0 Å². The molecule has 0 aromatic carbocycles. The molecule has 0 heterocycles. The van der Waals surface area contributed by atoms with Crippen molar-refractivity contribution in [2.45, 2.75) is 45.6 Å². The Labute approximate surface area is 87.5 Å². The van der Waals surface area contributed by atoms with E-state index in [4.69, 9.17) is 0 Å². The maximum atomic E-state index is 10.1. The van der Waals surface area contributed by atoms with Gasteiger partial charge < -0.3 is 5.11 Å². The number of hydrogen-bond acceptors (Lipinski definition) is 1. The first-order valence-electron chi connectivity index (χ1n) is 5.40. The first-order chi connectivity index (χ1) is 6.37. The van der Waals surface area contributed by atoms with Crippen molar-refractivity contribution >= 4 is 0 Å². The zero-order valence-corrected chi connectivity index (χ0v) is 9.59. The summed E-state index contributed by atoms with van der Waals surface area (Å²) in [6.45, 7) is 10.4. The van der Waals surface area contributed by atoms with Crippen molar-refractivity contribution in [1.82, 2.24) is 0 Å². The third kappa shape index (κ3) is 2.71. The van der Waals surface area contributed by atoms with Crippen LogP contribution in [0.5, 0.6) is 0 Å². The summed E-state index contributed by atoms with van der Waals surface area (Å²) in [7, 11) is 0. The van der Waals surface area contributed by atoms with Gasteiger partial charge in [0.2, 0.25) is 0 Å². The molecule has 0 saturated carbocycles. The van der Waals surface area contributed by atoms with Gasteiger partial charge in [-0.3, -0.25) is 0 Å². The summed E-state index contributed by atoms with van der Waals surface area (Å²) in [5.41, 5.74) is -0.310. The molecule has 2 unspecified atom stereocenters. The van der Waals surface area contributed by atoms with E-state index < -0.39 is 5.60 Å². The monoisotopic (exact) mass is 194 g/mol. The van der Waals surface area contributed by atoms with Crippen LogP contribution in [0, 0.1) is 11.3 Å². The smallest absolute Gasteiger partial charge is 0.0862 e. The maximum Gasteiger partial charge on any atom is 0.0862 e. The Morgan fingerprint density at radius 2 is 2.21 bits per heavy atom. The minimum Gasteiger partial charge on any atom is -0.385 e. The number of allylic oxidation sites excluding steroid dienone is 1. The molecule has 0 spiro atoms. The lowest BCUT2D eigenvalue weighted by Gasteiger charge is -2.36. The van der Waals surface area contributed by atoms with Crippen LogP contribution in [-0.2, 0) is 0 Å². The predicted octanol–water partition coefficient (Wildman–Crippen LogP) is 3.31. The highest BCUT2D eigenvalue weighted by atomic mass is 16.3. The van der Waals surface area contributed by atoms with Crippen LogP contribution in [0.25, 0.3) is 0 Å². The van der Waals surface area contributed by atoms with E-state index in [0.29, 0.717) is 17.8 Å². The van der Waals surface area contributed by atoms with Gasteiger partial charge in [-0.15, -0.1) is 6.58 Å². The van der Waals surface area contributed by atoms with Crippen LogP contribution in [-0.4, -0.2) is 10.7 Å². The molecule has 0 bridgehead atoms. The molecule has 0 aromatic rings. The highest BCUT2D eigenvalue weighted by Crippen LogP contribution is 2.37. The van der Waals surface area contributed by atoms with Crippen LogP contribution in [0.1, 0.15) is 40.0 Å². The summed E-state index contributed by atoms with van der Waals surface area (Å²) in [5, 5.41) is 10.1. The minimum atomic E-state index is -0.622. The van der Waals surface area contributed by atoms with E-state index >= 15 is 0 Å². The van der Waals surface area contributed by atoms with Gasteiger partial charge >= 0.3 is 0 Å². The molecule has 1 aliphatic carbocycles. The standard InChI is InChI=1S/C13H22O/c1-5-8-13(14)9-6-11(7-10-13)12(2,3)4/h5-6,9,11,14H,1,7-8,10H2,2-4H3. The fraction of sp³-hybridized carbons (Fsp3) is 0.692. The third-order valence-electron chi connectivity index (χ3n) is 3.14. The fourth-order valence-corrected chi connectivity index (χ4v) is 2.02. The Bertz CT molecular complexity index is 234. The summed E-state index contributed by atoms with van der Waals surface area (Å²) in [6, 6.07) is 0. The molecule has 0 aliphatic heterocycles. The van der Waals surface area contributed by atoms with Gasteiger partial charge in [0, 0.05) is 0 Å². The SMILES string of the molecule is C=CCC1(O)C=CC(C(C)(C)C)CC1. The van der Waals surface area contributed by atoms with Gasteiger partial charge in [-0.25, -0.2) is 0 Å². The van der Waals surface area contributed by atoms with Crippen molar-refractivity contribution < 1.29 is 5.11 Å². The molecule has 0 saturated heterocycles. The topological polar surface area (TPSA) is 20.2 Å². The first-order valence-corrected chi connectivity index (χ1v) is 5.40. The minimum absolute atomic E-state index is 0.312. The van der Waals surface area contributed by atoms with Gasteiger partial charge in [0.05, 0.1) is 5.60 Å². The van der Waals surface area contributed by atoms with Gasteiger partial charge in [0.15, 0.2) is 0 Å². The molecular formula is C13H22O. The van der Waals surface area contributed by atoms with Crippen LogP contribution in [0.4, 0.5) is 0 Å². The van der Waals surface area contributed by atoms with E-state index in [2.05, 4.69) is 33.4 Å². The van der Waals surface area contributed by atoms with E-state index in [9.17, 15) is 5.11 Å². The molecule has 0 radical (unpaired) electrons. The molecule has 1 N–H and O–H groups in total. The molecule has 14 heavy (non-hydrogen) atoms. The zero-order chi connectivity index (χ0) is 10.8. The highest BCUT2D eigenvalue weighted by Gasteiger charge is 2.31. The van der Waals surface area contributed by atoms with Crippen LogP contribution >= 0.6 is 0 Å². The lowest BCUT2D eigenvalue weighted by molar-refractivity contribution is 0.0620. The lowest BCUT2D eigenvalue weighted by atomic mass is 9.72. The number of hydrogen-bond donors (Lipinski definition) is 1. The second kappa shape index (κ2) is 3.90. The molecule has 1 heteroatoms. The summed E-state index contributed by atoms with van der Waals surface area (Å²) in [6.07, 6.45) is 8.53. The number of rotatable bonds is 2. The van der Waals surface area contributed by atoms with Crippen molar-refractivity contribution in [3.63, 3.8) is 0 Å². The zero-order valence-electron chi connectivity index (χ0n) is 9.59. The van der Waals surface area contributed by atoms with E-state index in [0.717, 1.165) is 12.8 Å². The molecule has 1 rings (SSSR count). The van der Waals surface area contributed by atoms with E-state index in [1.165, 1.54) is 0 Å². The molecule has 1 nitrogen and oxygen atoms in total. The summed E-state index contributed by atoms with van der Waals surface area (Å²) in [5.74, 6) is 0.590. The molecule has 0 amide bonds. The Hall–Kier alpha value is -0.560. The molecule has 0 fully saturated rings. The van der Waals surface area contributed by atoms with Crippen molar-refractivity contribution in [3.8, 4) is 0 Å². The Morgan fingerprint density at radius 1 is 1.57 bits per heavy atom. The fourth-order valence-electron chi connectivity index (χ4n) is 2.02. The first kappa shape index (κ1) is 11.5.